The molecule has 1 saturated heterocycles. The molecule has 0 radical (unpaired) electrons. The summed E-state index contributed by atoms with van der Waals surface area (Å²) < 4.78 is 11.7. The summed E-state index contributed by atoms with van der Waals surface area (Å²) in [5.74, 6) is -0.839. The number of rotatable bonds is 5. The fraction of sp³-hybridized carbons (Fsp3) is 0.194. The lowest BCUT2D eigenvalue weighted by Gasteiger charge is -2.35. The number of nitrogens with zero attached hydrogens (tertiary/aromatic N) is 3. The lowest BCUT2D eigenvalue weighted by molar-refractivity contribution is -0.122. The van der Waals surface area contributed by atoms with Crippen LogP contribution in [0.4, 0.5) is 5.69 Å². The van der Waals surface area contributed by atoms with Crippen LogP contribution in [0.15, 0.2) is 99.5 Å². The number of hydrogen-bond acceptors (Lipinski definition) is 7. The first-order valence-electron chi connectivity index (χ1n) is 13.0. The zero-order valence-corrected chi connectivity index (χ0v) is 22.2. The minimum atomic E-state index is -0.809. The Kier molecular flexibility index (Phi) is 6.99. The largest absolute Gasteiger partial charge is 0.438 e. The minimum absolute atomic E-state index is 0.0126. The molecule has 3 heterocycles. The zero-order chi connectivity index (χ0) is 27.6. The molecule has 1 atom stereocenters. The van der Waals surface area contributed by atoms with Gasteiger partial charge >= 0.3 is 5.63 Å². The number of allylic oxidation sites excluding steroid dienone is 1. The Labute approximate surface area is 235 Å². The van der Waals surface area contributed by atoms with Crippen molar-refractivity contribution in [1.82, 2.24) is 10.2 Å². The molecule has 9 heteroatoms. The van der Waals surface area contributed by atoms with E-state index in [1.165, 1.54) is 0 Å². The summed E-state index contributed by atoms with van der Waals surface area (Å²) in [6, 6.07) is 26.3. The van der Waals surface area contributed by atoms with E-state index in [9.17, 15) is 14.9 Å². The summed E-state index contributed by atoms with van der Waals surface area (Å²) in [5.41, 5.74) is 1.87. The molecule has 1 amide bonds. The van der Waals surface area contributed by atoms with Crippen molar-refractivity contribution in [3.05, 3.63) is 117 Å². The van der Waals surface area contributed by atoms with Gasteiger partial charge in [-0.3, -0.25) is 15.0 Å². The molecule has 2 aliphatic rings. The van der Waals surface area contributed by atoms with Crippen LogP contribution in [0.2, 0.25) is 5.02 Å². The van der Waals surface area contributed by atoms with Crippen LogP contribution in [-0.2, 0) is 4.79 Å². The quantitative estimate of drug-likeness (QED) is 0.360. The highest BCUT2D eigenvalue weighted by atomic mass is 35.5. The van der Waals surface area contributed by atoms with Gasteiger partial charge in [0.05, 0.1) is 23.4 Å². The normalized spacial score (nSPS) is 17.2. The van der Waals surface area contributed by atoms with E-state index < -0.39 is 11.5 Å². The second-order valence-corrected chi connectivity index (χ2v) is 10.2. The van der Waals surface area contributed by atoms with Crippen molar-refractivity contribution in [1.29, 1.82) is 5.26 Å². The summed E-state index contributed by atoms with van der Waals surface area (Å²) in [7, 11) is 0. The van der Waals surface area contributed by atoms with Gasteiger partial charge in [-0.15, -0.1) is 0 Å². The molecule has 4 aromatic rings. The third kappa shape index (κ3) is 4.93. The van der Waals surface area contributed by atoms with E-state index in [2.05, 4.69) is 33.3 Å². The smallest absolute Gasteiger partial charge is 0.344 e. The predicted octanol–water partition coefficient (Wildman–Crippen LogP) is 4.64. The molecule has 0 saturated carbocycles. The average molecular weight is 553 g/mol. The number of nitriles is 1. The number of piperazine rings is 1. The molecule has 0 bridgehead atoms. The SMILES string of the molecule is N#CC1=C(NC(=O)CN2CCN(c3ccccc3)CC2)Oc2c(c(=O)oc3ccccc23)C1c1ccc(Cl)cc1. The van der Waals surface area contributed by atoms with Gasteiger partial charge < -0.3 is 14.1 Å². The van der Waals surface area contributed by atoms with Gasteiger partial charge in [0.15, 0.2) is 5.75 Å². The van der Waals surface area contributed by atoms with E-state index in [1.54, 1.807) is 48.5 Å². The first-order valence-corrected chi connectivity index (χ1v) is 13.3. The Morgan fingerprint density at radius 1 is 0.975 bits per heavy atom. The maximum Gasteiger partial charge on any atom is 0.344 e. The second-order valence-electron chi connectivity index (χ2n) is 9.72. The number of carbonyl (C=O) groups is 1. The molecule has 1 N–H and O–H groups in total. The van der Waals surface area contributed by atoms with Gasteiger partial charge in [-0.1, -0.05) is 54.1 Å². The van der Waals surface area contributed by atoms with Crippen LogP contribution in [-0.4, -0.2) is 43.5 Å². The fourth-order valence-corrected chi connectivity index (χ4v) is 5.42. The number of benzene rings is 3. The Hall–Kier alpha value is -4.58. The monoisotopic (exact) mass is 552 g/mol. The van der Waals surface area contributed by atoms with Gasteiger partial charge in [0, 0.05) is 36.9 Å². The van der Waals surface area contributed by atoms with Crippen LogP contribution in [0.3, 0.4) is 0 Å². The first-order chi connectivity index (χ1) is 19.5. The summed E-state index contributed by atoms with van der Waals surface area (Å²) in [5, 5.41) is 14.1. The van der Waals surface area contributed by atoms with Gasteiger partial charge in [0.25, 0.3) is 0 Å². The Morgan fingerprint density at radius 3 is 2.40 bits per heavy atom. The van der Waals surface area contributed by atoms with Crippen LogP contribution < -0.4 is 20.6 Å². The highest BCUT2D eigenvalue weighted by Crippen LogP contribution is 2.44. The number of halogens is 1. The number of nitrogens with one attached hydrogen (secondary N) is 1. The van der Waals surface area contributed by atoms with Crippen molar-refractivity contribution >= 4 is 34.2 Å². The lowest BCUT2D eigenvalue weighted by Crippen LogP contribution is -2.49. The Balaban J connectivity index is 1.29. The standard InChI is InChI=1S/C31H25ClN4O4/c32-21-12-10-20(11-13-21)27-24(18-33)30(40-29-23-8-4-5-9-25(23)39-31(38)28(27)29)34-26(37)19-35-14-16-36(17-15-35)22-6-2-1-3-7-22/h1-13,27H,14-17,19H2,(H,34,37). The number of ether oxygens (including phenoxy) is 1. The third-order valence-corrected chi connectivity index (χ3v) is 7.51. The topological polar surface area (TPSA) is 98.8 Å². The molecule has 3 aromatic carbocycles. The van der Waals surface area contributed by atoms with Crippen molar-refractivity contribution in [2.24, 2.45) is 0 Å². The number of amides is 1. The maximum atomic E-state index is 13.2. The third-order valence-electron chi connectivity index (χ3n) is 7.26. The van der Waals surface area contributed by atoms with Gasteiger partial charge in [0.2, 0.25) is 11.8 Å². The number of anilines is 1. The van der Waals surface area contributed by atoms with Crippen molar-refractivity contribution in [2.75, 3.05) is 37.6 Å². The maximum absolute atomic E-state index is 13.2. The first kappa shape index (κ1) is 25.7. The minimum Gasteiger partial charge on any atom is -0.438 e. The average Bonchev–Trinajstić information content (AvgIpc) is 2.98. The summed E-state index contributed by atoms with van der Waals surface area (Å²) in [4.78, 5) is 30.8. The van der Waals surface area contributed by atoms with Crippen LogP contribution in [0, 0.1) is 11.3 Å². The van der Waals surface area contributed by atoms with E-state index in [0.29, 0.717) is 21.6 Å². The molecule has 40 heavy (non-hydrogen) atoms. The highest BCUT2D eigenvalue weighted by Gasteiger charge is 2.37. The molecule has 1 fully saturated rings. The predicted molar refractivity (Wildman–Crippen MR) is 152 cm³/mol. The molecule has 8 nitrogen and oxygen atoms in total. The molecule has 0 spiro atoms. The van der Waals surface area contributed by atoms with E-state index in [4.69, 9.17) is 20.8 Å². The number of para-hydroxylation sites is 2. The van der Waals surface area contributed by atoms with Gasteiger partial charge in [0.1, 0.15) is 17.2 Å². The van der Waals surface area contributed by atoms with Crippen molar-refractivity contribution in [2.45, 2.75) is 5.92 Å². The molecule has 200 valence electrons. The molecule has 6 rings (SSSR count). The van der Waals surface area contributed by atoms with E-state index >= 15 is 0 Å². The number of carbonyl (C=O) groups excluding carboxylic acids is 1. The summed E-state index contributed by atoms with van der Waals surface area (Å²) in [6.07, 6.45) is 0. The van der Waals surface area contributed by atoms with Crippen LogP contribution in [0.1, 0.15) is 17.0 Å². The highest BCUT2D eigenvalue weighted by molar-refractivity contribution is 6.30. The fourth-order valence-electron chi connectivity index (χ4n) is 5.30. The van der Waals surface area contributed by atoms with Crippen molar-refractivity contribution < 1.29 is 13.9 Å². The second kappa shape index (κ2) is 10.9. The van der Waals surface area contributed by atoms with Gasteiger partial charge in [-0.2, -0.15) is 5.26 Å². The van der Waals surface area contributed by atoms with Crippen molar-refractivity contribution in [3.63, 3.8) is 0 Å². The van der Waals surface area contributed by atoms with Crippen LogP contribution in [0.25, 0.3) is 11.0 Å². The number of fused-ring (bicyclic) bond motifs is 3. The molecule has 0 aliphatic carbocycles. The van der Waals surface area contributed by atoms with E-state index in [-0.39, 0.29) is 35.2 Å². The molecular weight excluding hydrogens is 528 g/mol. The van der Waals surface area contributed by atoms with E-state index in [0.717, 1.165) is 31.9 Å². The molecule has 1 unspecified atom stereocenters. The lowest BCUT2D eigenvalue weighted by atomic mass is 9.84. The molecule has 2 aliphatic heterocycles. The zero-order valence-electron chi connectivity index (χ0n) is 21.5. The Morgan fingerprint density at radius 2 is 1.68 bits per heavy atom. The van der Waals surface area contributed by atoms with Gasteiger partial charge in [-0.05, 0) is 42.0 Å². The van der Waals surface area contributed by atoms with E-state index in [1.807, 2.05) is 18.2 Å². The van der Waals surface area contributed by atoms with Gasteiger partial charge in [-0.25, -0.2) is 4.79 Å². The summed E-state index contributed by atoms with van der Waals surface area (Å²) >= 11 is 6.12. The Bertz CT molecular complexity index is 1700. The molecular formula is C31H25ClN4O4. The van der Waals surface area contributed by atoms with Crippen molar-refractivity contribution in [3.8, 4) is 11.8 Å². The summed E-state index contributed by atoms with van der Waals surface area (Å²) in [6.45, 7) is 3.18. The molecule has 1 aromatic heterocycles. The van der Waals surface area contributed by atoms with Crippen LogP contribution >= 0.6 is 11.6 Å². The number of hydrogen-bond donors (Lipinski definition) is 1. The van der Waals surface area contributed by atoms with Crippen LogP contribution in [0.5, 0.6) is 5.75 Å².